The Morgan fingerprint density at radius 2 is 2.14 bits per heavy atom. The van der Waals surface area contributed by atoms with E-state index in [1.807, 2.05) is 24.3 Å². The molecular weight excluding hydrogens is 264 g/mol. The molecule has 1 aromatic carbocycles. The van der Waals surface area contributed by atoms with Crippen molar-refractivity contribution in [3.63, 3.8) is 0 Å². The molecule has 4 heteroatoms. The molecule has 0 aromatic heterocycles. The molecule has 0 aliphatic heterocycles. The van der Waals surface area contributed by atoms with Gasteiger partial charge in [-0.2, -0.15) is 0 Å². The van der Waals surface area contributed by atoms with E-state index in [9.17, 15) is 9.90 Å². The maximum absolute atomic E-state index is 11.9. The number of carbonyl (C=O) groups excluding carboxylic acids is 1. The molecule has 2 rings (SSSR count). The Kier molecular flexibility index (Phi) is 5.23. The molecule has 1 amide bonds. The fraction of sp³-hybridized carbons (Fsp3) is 0.588. The lowest BCUT2D eigenvalue weighted by Gasteiger charge is -2.35. The predicted octanol–water partition coefficient (Wildman–Crippen LogP) is 2.26. The minimum absolute atomic E-state index is 0.00141. The molecule has 1 aromatic rings. The summed E-state index contributed by atoms with van der Waals surface area (Å²) in [5, 5.41) is 13.4. The van der Waals surface area contributed by atoms with E-state index < -0.39 is 5.60 Å². The second-order valence-electron chi connectivity index (χ2n) is 6.44. The van der Waals surface area contributed by atoms with Crippen molar-refractivity contribution >= 4 is 11.6 Å². The molecule has 2 atom stereocenters. The van der Waals surface area contributed by atoms with Crippen molar-refractivity contribution in [3.8, 4) is 0 Å². The van der Waals surface area contributed by atoms with E-state index in [4.69, 9.17) is 5.73 Å². The average molecular weight is 290 g/mol. The summed E-state index contributed by atoms with van der Waals surface area (Å²) in [6.45, 7) is 2.53. The number of nitrogen functional groups attached to an aromatic ring is 1. The first-order valence-corrected chi connectivity index (χ1v) is 7.80. The quantitative estimate of drug-likeness (QED) is 0.728. The molecule has 1 aliphatic carbocycles. The molecule has 0 spiro atoms. The number of carbonyl (C=O) groups is 1. The van der Waals surface area contributed by atoms with Crippen LogP contribution in [0.25, 0.3) is 0 Å². The van der Waals surface area contributed by atoms with Gasteiger partial charge in [0.25, 0.3) is 0 Å². The molecule has 1 fully saturated rings. The second-order valence-corrected chi connectivity index (χ2v) is 6.44. The molecule has 116 valence electrons. The van der Waals surface area contributed by atoms with E-state index in [1.165, 1.54) is 6.42 Å². The molecule has 0 heterocycles. The lowest BCUT2D eigenvalue weighted by molar-refractivity contribution is -0.122. The van der Waals surface area contributed by atoms with Crippen LogP contribution in [0, 0.1) is 5.92 Å². The maximum Gasteiger partial charge on any atom is 0.220 e. The van der Waals surface area contributed by atoms with Gasteiger partial charge in [0.15, 0.2) is 0 Å². The van der Waals surface area contributed by atoms with Gasteiger partial charge >= 0.3 is 0 Å². The highest BCUT2D eigenvalue weighted by molar-refractivity contribution is 5.76. The van der Waals surface area contributed by atoms with E-state index >= 15 is 0 Å². The van der Waals surface area contributed by atoms with Crippen LogP contribution in [0.1, 0.15) is 44.6 Å². The van der Waals surface area contributed by atoms with E-state index in [2.05, 4.69) is 12.2 Å². The number of rotatable bonds is 5. The first-order valence-electron chi connectivity index (χ1n) is 7.80. The first kappa shape index (κ1) is 15.8. The summed E-state index contributed by atoms with van der Waals surface area (Å²) in [4.78, 5) is 11.9. The van der Waals surface area contributed by atoms with Crippen LogP contribution in [-0.2, 0) is 11.2 Å². The molecular formula is C17H26N2O2. The topological polar surface area (TPSA) is 75.3 Å². The van der Waals surface area contributed by atoms with E-state index in [0.717, 1.165) is 30.5 Å². The van der Waals surface area contributed by atoms with Crippen molar-refractivity contribution in [2.75, 3.05) is 12.3 Å². The smallest absolute Gasteiger partial charge is 0.220 e. The van der Waals surface area contributed by atoms with Gasteiger partial charge in [-0.15, -0.1) is 0 Å². The third kappa shape index (κ3) is 5.05. The number of hydrogen-bond acceptors (Lipinski definition) is 3. The average Bonchev–Trinajstić information content (AvgIpc) is 2.44. The van der Waals surface area contributed by atoms with Crippen LogP contribution in [0.5, 0.6) is 0 Å². The van der Waals surface area contributed by atoms with Gasteiger partial charge in [0.1, 0.15) is 0 Å². The van der Waals surface area contributed by atoms with Crippen LogP contribution < -0.4 is 11.1 Å². The minimum Gasteiger partial charge on any atom is -0.399 e. The summed E-state index contributed by atoms with van der Waals surface area (Å²) >= 11 is 0. The highest BCUT2D eigenvalue weighted by Gasteiger charge is 2.32. The number of anilines is 1. The molecule has 2 unspecified atom stereocenters. The lowest BCUT2D eigenvalue weighted by atomic mass is 9.79. The molecule has 1 aliphatic rings. The zero-order chi connectivity index (χ0) is 15.3. The van der Waals surface area contributed by atoms with Gasteiger partial charge < -0.3 is 16.2 Å². The van der Waals surface area contributed by atoms with E-state index in [0.29, 0.717) is 25.3 Å². The van der Waals surface area contributed by atoms with Gasteiger partial charge in [-0.25, -0.2) is 0 Å². The van der Waals surface area contributed by atoms with Crippen molar-refractivity contribution in [1.82, 2.24) is 5.32 Å². The van der Waals surface area contributed by atoms with Gasteiger partial charge in [0.05, 0.1) is 5.60 Å². The number of benzene rings is 1. The standard InChI is InChI=1S/C17H26N2O2/c1-13-3-2-10-17(21,11-13)12-19-16(20)9-6-14-4-7-15(18)8-5-14/h4-5,7-8,13,21H,2-3,6,9-12,18H2,1H3,(H,19,20). The summed E-state index contributed by atoms with van der Waals surface area (Å²) in [5.41, 5.74) is 6.75. The Morgan fingerprint density at radius 3 is 2.81 bits per heavy atom. The third-order valence-corrected chi connectivity index (χ3v) is 4.30. The molecule has 1 saturated carbocycles. The van der Waals surface area contributed by atoms with Crippen molar-refractivity contribution < 1.29 is 9.90 Å². The van der Waals surface area contributed by atoms with Crippen LogP contribution >= 0.6 is 0 Å². The number of amides is 1. The Balaban J connectivity index is 1.73. The molecule has 21 heavy (non-hydrogen) atoms. The second kappa shape index (κ2) is 6.94. The van der Waals surface area contributed by atoms with Gasteiger partial charge in [0.2, 0.25) is 5.91 Å². The molecule has 0 radical (unpaired) electrons. The highest BCUT2D eigenvalue weighted by atomic mass is 16.3. The van der Waals surface area contributed by atoms with Crippen molar-refractivity contribution in [2.45, 2.75) is 51.0 Å². The summed E-state index contributed by atoms with van der Waals surface area (Å²) in [6.07, 6.45) is 4.92. The number of nitrogens with one attached hydrogen (secondary N) is 1. The van der Waals surface area contributed by atoms with Gasteiger partial charge in [-0.3, -0.25) is 4.79 Å². The largest absolute Gasteiger partial charge is 0.399 e. The lowest BCUT2D eigenvalue weighted by Crippen LogP contribution is -2.45. The Bertz CT molecular complexity index is 472. The van der Waals surface area contributed by atoms with Gasteiger partial charge in [-0.05, 0) is 42.9 Å². The van der Waals surface area contributed by atoms with Crippen LogP contribution in [-0.4, -0.2) is 23.2 Å². The Hall–Kier alpha value is -1.55. The first-order chi connectivity index (χ1) is 9.97. The molecule has 0 saturated heterocycles. The Morgan fingerprint density at radius 1 is 1.43 bits per heavy atom. The number of hydrogen-bond donors (Lipinski definition) is 3. The number of aryl methyl sites for hydroxylation is 1. The SMILES string of the molecule is CC1CCCC(O)(CNC(=O)CCc2ccc(N)cc2)C1. The van der Waals surface area contributed by atoms with Crippen molar-refractivity contribution in [1.29, 1.82) is 0 Å². The molecule has 4 N–H and O–H groups in total. The summed E-state index contributed by atoms with van der Waals surface area (Å²) in [6, 6.07) is 7.58. The van der Waals surface area contributed by atoms with Crippen LogP contribution in [0.15, 0.2) is 24.3 Å². The Labute approximate surface area is 126 Å². The monoisotopic (exact) mass is 290 g/mol. The van der Waals surface area contributed by atoms with Crippen LogP contribution in [0.4, 0.5) is 5.69 Å². The van der Waals surface area contributed by atoms with Crippen molar-refractivity contribution in [3.05, 3.63) is 29.8 Å². The molecule has 0 bridgehead atoms. The zero-order valence-corrected chi connectivity index (χ0v) is 12.8. The molecule has 4 nitrogen and oxygen atoms in total. The predicted molar refractivity (Wildman–Crippen MR) is 84.8 cm³/mol. The highest BCUT2D eigenvalue weighted by Crippen LogP contribution is 2.31. The summed E-state index contributed by atoms with van der Waals surface area (Å²) in [7, 11) is 0. The fourth-order valence-electron chi connectivity index (χ4n) is 3.09. The van der Waals surface area contributed by atoms with Crippen LogP contribution in [0.3, 0.4) is 0 Å². The van der Waals surface area contributed by atoms with E-state index in [-0.39, 0.29) is 5.91 Å². The summed E-state index contributed by atoms with van der Waals surface area (Å²) < 4.78 is 0. The fourth-order valence-corrected chi connectivity index (χ4v) is 3.09. The van der Waals surface area contributed by atoms with Gasteiger partial charge in [-0.1, -0.05) is 31.9 Å². The normalized spacial score (nSPS) is 25.5. The minimum atomic E-state index is -0.714. The number of nitrogens with two attached hydrogens (primary N) is 1. The number of aliphatic hydroxyl groups is 1. The van der Waals surface area contributed by atoms with Crippen molar-refractivity contribution in [2.24, 2.45) is 5.92 Å². The van der Waals surface area contributed by atoms with Crippen LogP contribution in [0.2, 0.25) is 0 Å². The van der Waals surface area contributed by atoms with E-state index in [1.54, 1.807) is 0 Å². The van der Waals surface area contributed by atoms with Gasteiger partial charge in [0, 0.05) is 18.7 Å². The third-order valence-electron chi connectivity index (χ3n) is 4.30. The zero-order valence-electron chi connectivity index (χ0n) is 12.8. The summed E-state index contributed by atoms with van der Waals surface area (Å²) in [5.74, 6) is 0.536. The maximum atomic E-state index is 11.9.